The standard InChI is InChI=1S/C15H24N4O2/c1-17(9-7-13-10-16-18(2)11-13)15(21)12-19-8-5-3-4-6-14(19)20/h10-11H,3-9,12H2,1-2H3. The quantitative estimate of drug-likeness (QED) is 0.807. The van der Waals surface area contributed by atoms with Crippen molar-refractivity contribution in [1.29, 1.82) is 0 Å². The molecule has 2 amide bonds. The Balaban J connectivity index is 1.80. The zero-order valence-electron chi connectivity index (χ0n) is 12.9. The third kappa shape index (κ3) is 4.58. The summed E-state index contributed by atoms with van der Waals surface area (Å²) in [6.45, 7) is 1.57. The van der Waals surface area contributed by atoms with Gasteiger partial charge in [-0.15, -0.1) is 0 Å². The molecule has 1 saturated heterocycles. The number of carbonyl (C=O) groups is 2. The second kappa shape index (κ2) is 7.24. The van der Waals surface area contributed by atoms with Crippen molar-refractivity contribution >= 4 is 11.8 Å². The second-order valence-corrected chi connectivity index (χ2v) is 5.71. The van der Waals surface area contributed by atoms with Gasteiger partial charge in [0.2, 0.25) is 11.8 Å². The molecule has 0 bridgehead atoms. The van der Waals surface area contributed by atoms with E-state index in [0.29, 0.717) is 19.5 Å². The summed E-state index contributed by atoms with van der Waals surface area (Å²) < 4.78 is 1.76. The maximum absolute atomic E-state index is 12.2. The van der Waals surface area contributed by atoms with Crippen molar-refractivity contribution in [3.63, 3.8) is 0 Å². The first-order valence-corrected chi connectivity index (χ1v) is 7.55. The van der Waals surface area contributed by atoms with E-state index in [0.717, 1.165) is 31.2 Å². The monoisotopic (exact) mass is 292 g/mol. The van der Waals surface area contributed by atoms with Gasteiger partial charge in [-0.3, -0.25) is 14.3 Å². The van der Waals surface area contributed by atoms with Gasteiger partial charge in [-0.05, 0) is 24.8 Å². The topological polar surface area (TPSA) is 58.4 Å². The number of amides is 2. The van der Waals surface area contributed by atoms with Crippen molar-refractivity contribution in [1.82, 2.24) is 19.6 Å². The van der Waals surface area contributed by atoms with E-state index in [-0.39, 0.29) is 18.4 Å². The Kier molecular flexibility index (Phi) is 5.36. The average Bonchev–Trinajstić information content (AvgIpc) is 2.77. The predicted molar refractivity (Wildman–Crippen MR) is 79.6 cm³/mol. The maximum Gasteiger partial charge on any atom is 0.241 e. The summed E-state index contributed by atoms with van der Waals surface area (Å²) >= 11 is 0. The molecule has 2 rings (SSSR count). The molecule has 1 fully saturated rings. The molecular weight excluding hydrogens is 268 g/mol. The third-order valence-electron chi connectivity index (χ3n) is 3.92. The molecule has 2 heterocycles. The highest BCUT2D eigenvalue weighted by Crippen LogP contribution is 2.11. The molecule has 21 heavy (non-hydrogen) atoms. The van der Waals surface area contributed by atoms with Gasteiger partial charge in [-0.2, -0.15) is 5.10 Å². The highest BCUT2D eigenvalue weighted by Gasteiger charge is 2.20. The van der Waals surface area contributed by atoms with Crippen LogP contribution in [0.3, 0.4) is 0 Å². The number of hydrogen-bond acceptors (Lipinski definition) is 3. The van der Waals surface area contributed by atoms with Gasteiger partial charge in [0.15, 0.2) is 0 Å². The number of likely N-dealkylation sites (tertiary alicyclic amines) is 1. The number of nitrogens with zero attached hydrogens (tertiary/aromatic N) is 4. The summed E-state index contributed by atoms with van der Waals surface area (Å²) in [6, 6.07) is 0. The molecule has 0 spiro atoms. The van der Waals surface area contributed by atoms with E-state index >= 15 is 0 Å². The van der Waals surface area contributed by atoms with Gasteiger partial charge in [0, 0.05) is 39.8 Å². The highest BCUT2D eigenvalue weighted by atomic mass is 16.2. The van der Waals surface area contributed by atoms with Gasteiger partial charge in [-0.1, -0.05) is 6.42 Å². The molecule has 6 heteroatoms. The number of rotatable bonds is 5. The predicted octanol–water partition coefficient (Wildman–Crippen LogP) is 0.824. The molecule has 0 aliphatic carbocycles. The number of carbonyl (C=O) groups excluding carboxylic acids is 2. The molecule has 0 atom stereocenters. The molecule has 0 saturated carbocycles. The van der Waals surface area contributed by atoms with E-state index in [2.05, 4.69) is 5.10 Å². The Bertz CT molecular complexity index is 498. The van der Waals surface area contributed by atoms with Crippen molar-refractivity contribution in [2.45, 2.75) is 32.1 Å². The molecule has 0 radical (unpaired) electrons. The van der Waals surface area contributed by atoms with E-state index in [1.807, 2.05) is 19.4 Å². The Morgan fingerprint density at radius 3 is 2.90 bits per heavy atom. The zero-order valence-corrected chi connectivity index (χ0v) is 12.9. The van der Waals surface area contributed by atoms with Crippen LogP contribution in [0, 0.1) is 0 Å². The maximum atomic E-state index is 12.2. The van der Waals surface area contributed by atoms with Crippen LogP contribution in [0.4, 0.5) is 0 Å². The van der Waals surface area contributed by atoms with Crippen molar-refractivity contribution in [2.24, 2.45) is 7.05 Å². The number of aromatic nitrogens is 2. The van der Waals surface area contributed by atoms with Crippen LogP contribution in [0.1, 0.15) is 31.2 Å². The Morgan fingerprint density at radius 2 is 2.19 bits per heavy atom. The van der Waals surface area contributed by atoms with Crippen LogP contribution in [0.25, 0.3) is 0 Å². The molecule has 0 N–H and O–H groups in total. The average molecular weight is 292 g/mol. The lowest BCUT2D eigenvalue weighted by Crippen LogP contribution is -2.41. The summed E-state index contributed by atoms with van der Waals surface area (Å²) in [5, 5.41) is 4.11. The minimum Gasteiger partial charge on any atom is -0.344 e. The minimum absolute atomic E-state index is 0.00846. The van der Waals surface area contributed by atoms with Gasteiger partial charge in [0.25, 0.3) is 0 Å². The molecule has 116 valence electrons. The molecule has 6 nitrogen and oxygen atoms in total. The first-order chi connectivity index (χ1) is 10.1. The summed E-state index contributed by atoms with van der Waals surface area (Å²) in [7, 11) is 3.67. The van der Waals surface area contributed by atoms with Crippen molar-refractivity contribution in [3.05, 3.63) is 18.0 Å². The lowest BCUT2D eigenvalue weighted by molar-refractivity contribution is -0.139. The van der Waals surface area contributed by atoms with Crippen LogP contribution in [0.15, 0.2) is 12.4 Å². The third-order valence-corrected chi connectivity index (χ3v) is 3.92. The summed E-state index contributed by atoms with van der Waals surface area (Å²) in [5.74, 6) is 0.121. The van der Waals surface area contributed by atoms with Gasteiger partial charge < -0.3 is 9.80 Å². The molecule has 0 unspecified atom stereocenters. The van der Waals surface area contributed by atoms with Gasteiger partial charge >= 0.3 is 0 Å². The number of hydrogen-bond donors (Lipinski definition) is 0. The van der Waals surface area contributed by atoms with Crippen LogP contribution in [-0.2, 0) is 23.1 Å². The SMILES string of the molecule is CN(CCc1cnn(C)c1)C(=O)CN1CCCCCC1=O. The van der Waals surface area contributed by atoms with Crippen LogP contribution >= 0.6 is 0 Å². The van der Waals surface area contributed by atoms with E-state index in [4.69, 9.17) is 0 Å². The first kappa shape index (κ1) is 15.5. The lowest BCUT2D eigenvalue weighted by Gasteiger charge is -2.24. The Labute approximate surface area is 125 Å². The van der Waals surface area contributed by atoms with E-state index < -0.39 is 0 Å². The second-order valence-electron chi connectivity index (χ2n) is 5.71. The lowest BCUT2D eigenvalue weighted by atomic mass is 10.2. The fourth-order valence-corrected chi connectivity index (χ4v) is 2.51. The molecule has 0 aromatic carbocycles. The summed E-state index contributed by atoms with van der Waals surface area (Å²) in [4.78, 5) is 27.5. The van der Waals surface area contributed by atoms with Crippen LogP contribution in [0.2, 0.25) is 0 Å². The molecule has 1 aliphatic heterocycles. The fraction of sp³-hybridized carbons (Fsp3) is 0.667. The normalized spacial score (nSPS) is 15.9. The van der Waals surface area contributed by atoms with Crippen LogP contribution < -0.4 is 0 Å². The first-order valence-electron chi connectivity index (χ1n) is 7.55. The van der Waals surface area contributed by atoms with Crippen molar-refractivity contribution < 1.29 is 9.59 Å². The highest BCUT2D eigenvalue weighted by molar-refractivity contribution is 5.84. The van der Waals surface area contributed by atoms with E-state index in [9.17, 15) is 9.59 Å². The zero-order chi connectivity index (χ0) is 15.2. The van der Waals surface area contributed by atoms with Crippen LogP contribution in [0.5, 0.6) is 0 Å². The van der Waals surface area contributed by atoms with Crippen LogP contribution in [-0.4, -0.2) is 58.1 Å². The Hall–Kier alpha value is -1.85. The fourth-order valence-electron chi connectivity index (χ4n) is 2.51. The Morgan fingerprint density at radius 1 is 1.38 bits per heavy atom. The minimum atomic E-state index is 0.00846. The number of aryl methyl sites for hydroxylation is 1. The summed E-state index contributed by atoms with van der Waals surface area (Å²) in [6.07, 6.45) is 8.15. The van der Waals surface area contributed by atoms with Crippen molar-refractivity contribution in [3.8, 4) is 0 Å². The van der Waals surface area contributed by atoms with Gasteiger partial charge in [0.05, 0.1) is 12.7 Å². The van der Waals surface area contributed by atoms with E-state index in [1.165, 1.54) is 0 Å². The van der Waals surface area contributed by atoms with Gasteiger partial charge in [0.1, 0.15) is 0 Å². The summed E-state index contributed by atoms with van der Waals surface area (Å²) in [5.41, 5.74) is 1.11. The van der Waals surface area contributed by atoms with Crippen molar-refractivity contribution in [2.75, 3.05) is 26.7 Å². The smallest absolute Gasteiger partial charge is 0.241 e. The largest absolute Gasteiger partial charge is 0.344 e. The van der Waals surface area contributed by atoms with Gasteiger partial charge in [-0.25, -0.2) is 0 Å². The number of likely N-dealkylation sites (N-methyl/N-ethyl adjacent to an activating group) is 1. The molecule has 1 aliphatic rings. The molecular formula is C15H24N4O2. The molecule has 1 aromatic heterocycles. The van der Waals surface area contributed by atoms with E-state index in [1.54, 1.807) is 21.5 Å². The molecule has 1 aromatic rings.